The molecule has 0 aromatic heterocycles. The number of hydrogen-bond acceptors (Lipinski definition) is 3. The lowest BCUT2D eigenvalue weighted by atomic mass is 10.1. The molecular weight excluding hydrogens is 352 g/mol. The highest BCUT2D eigenvalue weighted by Gasteiger charge is 2.22. The Kier molecular flexibility index (Phi) is 6.69. The second-order valence-corrected chi connectivity index (χ2v) is 7.27. The summed E-state index contributed by atoms with van der Waals surface area (Å²) in [6.07, 6.45) is 3.71. The maximum absolute atomic E-state index is 13.0. The summed E-state index contributed by atoms with van der Waals surface area (Å²) >= 11 is 0. The van der Waals surface area contributed by atoms with E-state index in [1.165, 1.54) is 0 Å². The van der Waals surface area contributed by atoms with Crippen LogP contribution in [0.3, 0.4) is 0 Å². The van der Waals surface area contributed by atoms with E-state index >= 15 is 0 Å². The first-order valence-electron chi connectivity index (χ1n) is 9.97. The molecule has 0 radical (unpaired) electrons. The van der Waals surface area contributed by atoms with Gasteiger partial charge in [-0.2, -0.15) is 0 Å². The minimum Gasteiger partial charge on any atom is -0.481 e. The van der Waals surface area contributed by atoms with Gasteiger partial charge >= 0.3 is 0 Å². The van der Waals surface area contributed by atoms with Crippen molar-refractivity contribution in [1.82, 2.24) is 4.90 Å². The van der Waals surface area contributed by atoms with Crippen molar-refractivity contribution in [2.45, 2.75) is 45.6 Å². The third kappa shape index (κ3) is 4.91. The third-order valence-electron chi connectivity index (χ3n) is 5.08. The van der Waals surface area contributed by atoms with Gasteiger partial charge in [0.1, 0.15) is 5.75 Å². The molecule has 3 rings (SSSR count). The summed E-state index contributed by atoms with van der Waals surface area (Å²) in [6, 6.07) is 14.8. The predicted octanol–water partition coefficient (Wildman–Crippen LogP) is 4.42. The highest BCUT2D eigenvalue weighted by Crippen LogP contribution is 2.22. The number of nitrogens with zero attached hydrogens (tertiary/aromatic N) is 1. The molecule has 2 aromatic rings. The number of likely N-dealkylation sites (tertiary alicyclic amines) is 1. The van der Waals surface area contributed by atoms with Crippen molar-refractivity contribution in [2.24, 2.45) is 0 Å². The van der Waals surface area contributed by atoms with Crippen LogP contribution in [-0.2, 0) is 4.79 Å². The number of amides is 2. The monoisotopic (exact) mass is 380 g/mol. The number of nitrogens with one attached hydrogen (secondary N) is 1. The van der Waals surface area contributed by atoms with Gasteiger partial charge in [0.15, 0.2) is 6.10 Å². The zero-order valence-electron chi connectivity index (χ0n) is 16.6. The van der Waals surface area contributed by atoms with Gasteiger partial charge in [-0.25, -0.2) is 0 Å². The number of para-hydroxylation sites is 2. The van der Waals surface area contributed by atoms with Crippen LogP contribution in [0.1, 0.15) is 48.5 Å². The Balaban J connectivity index is 1.71. The number of carbonyl (C=O) groups is 2. The second kappa shape index (κ2) is 9.40. The highest BCUT2D eigenvalue weighted by atomic mass is 16.5. The molecule has 1 aliphatic rings. The average Bonchev–Trinajstić information content (AvgIpc) is 2.99. The van der Waals surface area contributed by atoms with Gasteiger partial charge in [0, 0.05) is 13.1 Å². The van der Waals surface area contributed by atoms with Gasteiger partial charge in [-0.1, -0.05) is 43.2 Å². The van der Waals surface area contributed by atoms with Crippen LogP contribution < -0.4 is 10.1 Å². The molecule has 5 heteroatoms. The first kappa shape index (κ1) is 19.9. The van der Waals surface area contributed by atoms with E-state index in [0.29, 0.717) is 17.0 Å². The van der Waals surface area contributed by atoms with Crippen LogP contribution in [0.15, 0.2) is 48.5 Å². The standard InChI is InChI=1S/C23H28N2O3/c1-17-11-5-8-14-21(17)28-18(2)22(26)24-20-13-7-6-12-19(20)23(27)25-15-9-3-4-10-16-25/h5-8,11-14,18H,3-4,9-10,15-16H2,1-2H3,(H,24,26). The summed E-state index contributed by atoms with van der Waals surface area (Å²) in [5, 5.41) is 2.87. The molecule has 1 heterocycles. The van der Waals surface area contributed by atoms with Crippen LogP contribution in [0.5, 0.6) is 5.75 Å². The van der Waals surface area contributed by atoms with Crippen LogP contribution in [0, 0.1) is 6.92 Å². The van der Waals surface area contributed by atoms with E-state index in [0.717, 1.165) is 44.3 Å². The Morgan fingerprint density at radius 2 is 1.61 bits per heavy atom. The fourth-order valence-electron chi connectivity index (χ4n) is 3.39. The maximum atomic E-state index is 13.0. The minimum atomic E-state index is -0.678. The van der Waals surface area contributed by atoms with Crippen LogP contribution in [0.2, 0.25) is 0 Å². The Morgan fingerprint density at radius 3 is 2.32 bits per heavy atom. The minimum absolute atomic E-state index is 0.0229. The Morgan fingerprint density at radius 1 is 0.964 bits per heavy atom. The van der Waals surface area contributed by atoms with Crippen LogP contribution in [0.4, 0.5) is 5.69 Å². The molecule has 1 atom stereocenters. The molecule has 1 N–H and O–H groups in total. The van der Waals surface area contributed by atoms with Crippen LogP contribution in [0.25, 0.3) is 0 Å². The van der Waals surface area contributed by atoms with Gasteiger partial charge in [-0.3, -0.25) is 9.59 Å². The molecule has 0 saturated carbocycles. The number of rotatable bonds is 5. The molecule has 0 spiro atoms. The fourth-order valence-corrected chi connectivity index (χ4v) is 3.39. The van der Waals surface area contributed by atoms with Crippen molar-refractivity contribution in [3.8, 4) is 5.75 Å². The average molecular weight is 380 g/mol. The van der Waals surface area contributed by atoms with Gasteiger partial charge in [-0.05, 0) is 50.5 Å². The highest BCUT2D eigenvalue weighted by molar-refractivity contribution is 6.04. The molecule has 1 saturated heterocycles. The topological polar surface area (TPSA) is 58.6 Å². The van der Waals surface area contributed by atoms with Crippen molar-refractivity contribution < 1.29 is 14.3 Å². The number of ether oxygens (including phenoxy) is 1. The number of hydrogen-bond donors (Lipinski definition) is 1. The lowest BCUT2D eigenvalue weighted by Crippen LogP contribution is -2.34. The molecule has 5 nitrogen and oxygen atoms in total. The van der Waals surface area contributed by atoms with E-state index in [1.54, 1.807) is 19.1 Å². The van der Waals surface area contributed by atoms with E-state index in [-0.39, 0.29) is 11.8 Å². The normalized spacial score (nSPS) is 15.4. The lowest BCUT2D eigenvalue weighted by Gasteiger charge is -2.22. The van der Waals surface area contributed by atoms with Gasteiger partial charge < -0.3 is 15.0 Å². The molecule has 0 bridgehead atoms. The van der Waals surface area contributed by atoms with E-state index in [2.05, 4.69) is 5.32 Å². The molecule has 148 valence electrons. The van der Waals surface area contributed by atoms with Gasteiger partial charge in [0.25, 0.3) is 11.8 Å². The van der Waals surface area contributed by atoms with Gasteiger partial charge in [-0.15, -0.1) is 0 Å². The smallest absolute Gasteiger partial charge is 0.265 e. The summed E-state index contributed by atoms with van der Waals surface area (Å²) in [5.41, 5.74) is 2.03. The summed E-state index contributed by atoms with van der Waals surface area (Å²) < 4.78 is 5.80. The predicted molar refractivity (Wildman–Crippen MR) is 111 cm³/mol. The van der Waals surface area contributed by atoms with E-state index in [1.807, 2.05) is 48.2 Å². The van der Waals surface area contributed by atoms with Gasteiger partial charge in [0.05, 0.1) is 11.3 Å². The quantitative estimate of drug-likeness (QED) is 0.835. The molecular formula is C23H28N2O3. The summed E-state index contributed by atoms with van der Waals surface area (Å²) in [6.45, 7) is 5.19. The Bertz CT molecular complexity index is 826. The second-order valence-electron chi connectivity index (χ2n) is 7.27. The zero-order valence-corrected chi connectivity index (χ0v) is 16.6. The molecule has 1 aliphatic heterocycles. The SMILES string of the molecule is Cc1ccccc1OC(C)C(=O)Nc1ccccc1C(=O)N1CCCCCC1. The Labute approximate surface area is 166 Å². The van der Waals surface area contributed by atoms with Crippen molar-refractivity contribution >= 4 is 17.5 Å². The van der Waals surface area contributed by atoms with E-state index in [9.17, 15) is 9.59 Å². The van der Waals surface area contributed by atoms with Crippen LogP contribution in [-0.4, -0.2) is 35.9 Å². The van der Waals surface area contributed by atoms with E-state index < -0.39 is 6.10 Å². The molecule has 1 unspecified atom stereocenters. The first-order chi connectivity index (χ1) is 13.6. The number of benzene rings is 2. The first-order valence-corrected chi connectivity index (χ1v) is 9.97. The maximum Gasteiger partial charge on any atom is 0.265 e. The van der Waals surface area contributed by atoms with Gasteiger partial charge in [0.2, 0.25) is 0 Å². The molecule has 0 aliphatic carbocycles. The number of anilines is 1. The van der Waals surface area contributed by atoms with E-state index in [4.69, 9.17) is 4.74 Å². The molecule has 2 amide bonds. The summed E-state index contributed by atoms with van der Waals surface area (Å²) in [5.74, 6) is 0.378. The van der Waals surface area contributed by atoms with Crippen molar-refractivity contribution in [3.05, 3.63) is 59.7 Å². The zero-order chi connectivity index (χ0) is 19.9. The lowest BCUT2D eigenvalue weighted by molar-refractivity contribution is -0.122. The summed E-state index contributed by atoms with van der Waals surface area (Å²) in [4.78, 5) is 27.6. The number of aryl methyl sites for hydroxylation is 1. The molecule has 1 fully saturated rings. The Hall–Kier alpha value is -2.82. The number of carbonyl (C=O) groups excluding carboxylic acids is 2. The van der Waals surface area contributed by atoms with Crippen LogP contribution >= 0.6 is 0 Å². The van der Waals surface area contributed by atoms with Crippen molar-refractivity contribution in [2.75, 3.05) is 18.4 Å². The fraction of sp³-hybridized carbons (Fsp3) is 0.391. The molecule has 2 aromatic carbocycles. The van der Waals surface area contributed by atoms with Crippen molar-refractivity contribution in [3.63, 3.8) is 0 Å². The van der Waals surface area contributed by atoms with Crippen molar-refractivity contribution in [1.29, 1.82) is 0 Å². The third-order valence-corrected chi connectivity index (χ3v) is 5.08. The largest absolute Gasteiger partial charge is 0.481 e. The summed E-state index contributed by atoms with van der Waals surface area (Å²) in [7, 11) is 0. The molecule has 28 heavy (non-hydrogen) atoms.